The molecule has 3 aromatic rings. The van der Waals surface area contributed by atoms with Crippen LogP contribution in [0, 0.1) is 0 Å². The van der Waals surface area contributed by atoms with Crippen molar-refractivity contribution in [1.29, 1.82) is 0 Å². The fourth-order valence-electron chi connectivity index (χ4n) is 3.16. The maximum atomic E-state index is 12.7. The summed E-state index contributed by atoms with van der Waals surface area (Å²) in [4.78, 5) is 41.4. The Morgan fingerprint density at radius 3 is 2.45 bits per heavy atom. The molecule has 1 unspecified atom stereocenters. The van der Waals surface area contributed by atoms with Crippen molar-refractivity contribution in [3.8, 4) is 0 Å². The standard InChI is InChI=1S/C24H23N3O3S/c1-14(28)16-7-9-17(10-8-16)25-23(29)15(2)31-22-13-20(24(30)26-18-11-12-18)19-5-3-4-6-21(19)27-22/h3-10,13,15,18H,11-12H2,1-2H3,(H,25,29)(H,26,30). The van der Waals surface area contributed by atoms with E-state index in [2.05, 4.69) is 15.6 Å². The van der Waals surface area contributed by atoms with Crippen molar-refractivity contribution in [2.75, 3.05) is 5.32 Å². The number of anilines is 1. The lowest BCUT2D eigenvalue weighted by molar-refractivity contribution is -0.115. The molecule has 0 bridgehead atoms. The summed E-state index contributed by atoms with van der Waals surface area (Å²) in [5.41, 5.74) is 2.52. The number of carbonyl (C=O) groups excluding carboxylic acids is 3. The minimum atomic E-state index is -0.430. The minimum absolute atomic E-state index is 0.0225. The van der Waals surface area contributed by atoms with Gasteiger partial charge >= 0.3 is 0 Å². The van der Waals surface area contributed by atoms with Gasteiger partial charge in [0, 0.05) is 22.7 Å². The number of fused-ring (bicyclic) bond motifs is 1. The quantitative estimate of drug-likeness (QED) is 0.425. The molecule has 158 valence electrons. The van der Waals surface area contributed by atoms with Gasteiger partial charge in [-0.1, -0.05) is 30.0 Å². The maximum Gasteiger partial charge on any atom is 0.252 e. The molecule has 0 aliphatic heterocycles. The third kappa shape index (κ3) is 5.11. The number of Topliss-reactive ketones (excluding diaryl/α,β-unsaturated/α-hetero) is 1. The summed E-state index contributed by atoms with van der Waals surface area (Å²) in [5, 5.41) is 6.88. The van der Waals surface area contributed by atoms with E-state index in [1.807, 2.05) is 24.3 Å². The highest BCUT2D eigenvalue weighted by molar-refractivity contribution is 8.00. The third-order valence-electron chi connectivity index (χ3n) is 5.08. The van der Waals surface area contributed by atoms with Crippen molar-refractivity contribution in [3.63, 3.8) is 0 Å². The van der Waals surface area contributed by atoms with Crippen LogP contribution in [0.25, 0.3) is 10.9 Å². The van der Waals surface area contributed by atoms with Gasteiger partial charge in [0.15, 0.2) is 5.78 Å². The number of hydrogen-bond acceptors (Lipinski definition) is 5. The fraction of sp³-hybridized carbons (Fsp3) is 0.250. The van der Waals surface area contributed by atoms with Crippen LogP contribution in [0.3, 0.4) is 0 Å². The lowest BCUT2D eigenvalue weighted by Crippen LogP contribution is -2.26. The summed E-state index contributed by atoms with van der Waals surface area (Å²) in [7, 11) is 0. The normalized spacial score (nSPS) is 14.1. The van der Waals surface area contributed by atoms with Crippen molar-refractivity contribution < 1.29 is 14.4 Å². The van der Waals surface area contributed by atoms with E-state index in [1.54, 1.807) is 37.3 Å². The van der Waals surface area contributed by atoms with Crippen LogP contribution in [0.5, 0.6) is 0 Å². The van der Waals surface area contributed by atoms with Crippen LogP contribution in [0.2, 0.25) is 0 Å². The fourth-order valence-corrected chi connectivity index (χ4v) is 4.02. The Morgan fingerprint density at radius 1 is 1.06 bits per heavy atom. The van der Waals surface area contributed by atoms with Gasteiger partial charge in [-0.05, 0) is 63.1 Å². The Balaban J connectivity index is 1.50. The van der Waals surface area contributed by atoms with Crippen molar-refractivity contribution >= 4 is 45.9 Å². The zero-order chi connectivity index (χ0) is 22.0. The van der Waals surface area contributed by atoms with E-state index in [0.29, 0.717) is 21.8 Å². The van der Waals surface area contributed by atoms with E-state index in [-0.39, 0.29) is 23.6 Å². The van der Waals surface area contributed by atoms with Crippen LogP contribution in [0.15, 0.2) is 59.6 Å². The maximum absolute atomic E-state index is 12.7. The molecule has 2 N–H and O–H groups in total. The third-order valence-corrected chi connectivity index (χ3v) is 6.09. The van der Waals surface area contributed by atoms with E-state index >= 15 is 0 Å². The number of pyridine rings is 1. The van der Waals surface area contributed by atoms with Crippen LogP contribution in [-0.2, 0) is 4.79 Å². The summed E-state index contributed by atoms with van der Waals surface area (Å²) in [6.45, 7) is 3.30. The highest BCUT2D eigenvalue weighted by Crippen LogP contribution is 2.28. The summed E-state index contributed by atoms with van der Waals surface area (Å²) in [6.07, 6.45) is 2.03. The number of amides is 2. The molecule has 1 fully saturated rings. The average Bonchev–Trinajstić information content (AvgIpc) is 3.57. The molecule has 2 aromatic carbocycles. The monoisotopic (exact) mass is 433 g/mol. The smallest absolute Gasteiger partial charge is 0.252 e. The average molecular weight is 434 g/mol. The lowest BCUT2D eigenvalue weighted by atomic mass is 10.1. The van der Waals surface area contributed by atoms with Gasteiger partial charge in [0.05, 0.1) is 21.4 Å². The lowest BCUT2D eigenvalue weighted by Gasteiger charge is -2.14. The van der Waals surface area contributed by atoms with Crippen LogP contribution in [-0.4, -0.2) is 33.9 Å². The Hall–Kier alpha value is -3.19. The number of rotatable bonds is 7. The number of benzene rings is 2. The first-order chi connectivity index (χ1) is 14.9. The Morgan fingerprint density at radius 2 is 1.77 bits per heavy atom. The number of thioether (sulfide) groups is 1. The predicted octanol–water partition coefficient (Wildman–Crippen LogP) is 4.45. The van der Waals surface area contributed by atoms with Crippen LogP contribution in [0.1, 0.15) is 47.4 Å². The van der Waals surface area contributed by atoms with Crippen molar-refractivity contribution in [2.24, 2.45) is 0 Å². The zero-order valence-electron chi connectivity index (χ0n) is 17.3. The molecule has 31 heavy (non-hydrogen) atoms. The van der Waals surface area contributed by atoms with Crippen molar-refractivity contribution in [1.82, 2.24) is 10.3 Å². The molecule has 0 spiro atoms. The molecule has 4 rings (SSSR count). The van der Waals surface area contributed by atoms with Gasteiger partial charge in [0.25, 0.3) is 5.91 Å². The molecular weight excluding hydrogens is 410 g/mol. The number of nitrogens with one attached hydrogen (secondary N) is 2. The first kappa shape index (κ1) is 21.1. The first-order valence-corrected chi connectivity index (χ1v) is 11.1. The Bertz CT molecular complexity index is 1160. The highest BCUT2D eigenvalue weighted by atomic mass is 32.2. The molecule has 1 heterocycles. The number of para-hydroxylation sites is 1. The molecule has 0 saturated heterocycles. The van der Waals surface area contributed by atoms with E-state index in [4.69, 9.17) is 0 Å². The van der Waals surface area contributed by atoms with E-state index < -0.39 is 5.25 Å². The molecule has 2 amide bonds. The number of hydrogen-bond donors (Lipinski definition) is 2. The molecule has 1 atom stereocenters. The zero-order valence-corrected chi connectivity index (χ0v) is 18.2. The molecule has 1 saturated carbocycles. The second-order valence-electron chi connectivity index (χ2n) is 7.66. The van der Waals surface area contributed by atoms with E-state index in [0.717, 1.165) is 23.7 Å². The van der Waals surface area contributed by atoms with E-state index in [1.165, 1.54) is 18.7 Å². The molecule has 1 aromatic heterocycles. The summed E-state index contributed by atoms with van der Waals surface area (Å²) in [6, 6.07) is 16.3. The SMILES string of the molecule is CC(=O)c1ccc(NC(=O)C(C)Sc2cc(C(=O)NC3CC3)c3ccccc3n2)cc1. The van der Waals surface area contributed by atoms with Gasteiger partial charge in [-0.2, -0.15) is 0 Å². The number of ketones is 1. The van der Waals surface area contributed by atoms with Gasteiger partial charge in [0.2, 0.25) is 5.91 Å². The van der Waals surface area contributed by atoms with Crippen LogP contribution >= 0.6 is 11.8 Å². The second-order valence-corrected chi connectivity index (χ2v) is 9.02. The number of nitrogens with zero attached hydrogens (tertiary/aromatic N) is 1. The first-order valence-electron chi connectivity index (χ1n) is 10.2. The number of carbonyl (C=O) groups is 3. The molecule has 0 radical (unpaired) electrons. The summed E-state index contributed by atoms with van der Waals surface area (Å²) in [5.74, 6) is -0.309. The van der Waals surface area contributed by atoms with Crippen LogP contribution in [0.4, 0.5) is 5.69 Å². The van der Waals surface area contributed by atoms with Crippen molar-refractivity contribution in [3.05, 3.63) is 65.7 Å². The Kier molecular flexibility index (Phi) is 6.04. The van der Waals surface area contributed by atoms with E-state index in [9.17, 15) is 14.4 Å². The van der Waals surface area contributed by atoms with Gasteiger partial charge in [-0.25, -0.2) is 4.98 Å². The van der Waals surface area contributed by atoms with Crippen molar-refractivity contribution in [2.45, 2.75) is 43.0 Å². The summed E-state index contributed by atoms with van der Waals surface area (Å²) < 4.78 is 0. The van der Waals surface area contributed by atoms with Gasteiger partial charge < -0.3 is 10.6 Å². The molecule has 1 aliphatic rings. The number of aromatic nitrogens is 1. The molecule has 1 aliphatic carbocycles. The highest BCUT2D eigenvalue weighted by Gasteiger charge is 2.25. The second kappa shape index (κ2) is 8.89. The van der Waals surface area contributed by atoms with Gasteiger partial charge in [0.1, 0.15) is 0 Å². The summed E-state index contributed by atoms with van der Waals surface area (Å²) >= 11 is 1.30. The predicted molar refractivity (Wildman–Crippen MR) is 123 cm³/mol. The van der Waals surface area contributed by atoms with Gasteiger partial charge in [-0.15, -0.1) is 0 Å². The molecule has 6 nitrogen and oxygen atoms in total. The minimum Gasteiger partial charge on any atom is -0.349 e. The topological polar surface area (TPSA) is 88.2 Å². The Labute approximate surface area is 184 Å². The largest absolute Gasteiger partial charge is 0.349 e. The van der Waals surface area contributed by atoms with Crippen LogP contribution < -0.4 is 10.6 Å². The van der Waals surface area contributed by atoms with Gasteiger partial charge in [-0.3, -0.25) is 14.4 Å². The molecule has 7 heteroatoms. The molecular formula is C24H23N3O3S.